The zero-order valence-corrected chi connectivity index (χ0v) is 9.63. The van der Waals surface area contributed by atoms with Crippen LogP contribution in [0.1, 0.15) is 16.7 Å². The summed E-state index contributed by atoms with van der Waals surface area (Å²) in [6.07, 6.45) is 0. The maximum Gasteiger partial charge on any atom is 0.322 e. The number of methoxy groups -OCH3 is 1. The van der Waals surface area contributed by atoms with Gasteiger partial charge >= 0.3 is 5.91 Å². The van der Waals surface area contributed by atoms with Crippen molar-refractivity contribution in [1.29, 1.82) is 5.26 Å². The fourth-order valence-corrected chi connectivity index (χ4v) is 1.68. The van der Waals surface area contributed by atoms with Crippen LogP contribution < -0.4 is 10.1 Å². The van der Waals surface area contributed by atoms with Crippen molar-refractivity contribution in [2.24, 2.45) is 0 Å². The van der Waals surface area contributed by atoms with Crippen molar-refractivity contribution in [3.8, 4) is 11.8 Å². The molecule has 0 aliphatic carbocycles. The predicted octanol–water partition coefficient (Wildman–Crippen LogP) is 1.45. The molecule has 0 atom stereocenters. The molecule has 0 bridgehead atoms. The molecule has 0 aliphatic heterocycles. The molecule has 4 nitrogen and oxygen atoms in total. The molecule has 1 aromatic rings. The van der Waals surface area contributed by atoms with Gasteiger partial charge in [0.15, 0.2) is 6.07 Å². The SMILES string of the molecule is COc1c(C)cc(C)cc1CNC(=O)C#N. The Kier molecular flexibility index (Phi) is 3.90. The average molecular weight is 218 g/mol. The molecule has 0 spiro atoms. The maximum atomic E-state index is 10.8. The van der Waals surface area contributed by atoms with Gasteiger partial charge in [0.1, 0.15) is 5.75 Å². The van der Waals surface area contributed by atoms with Crippen molar-refractivity contribution in [3.05, 3.63) is 28.8 Å². The zero-order chi connectivity index (χ0) is 12.1. The van der Waals surface area contributed by atoms with Crippen LogP contribution in [0.2, 0.25) is 0 Å². The first-order chi connectivity index (χ1) is 7.58. The van der Waals surface area contributed by atoms with Crippen molar-refractivity contribution in [2.75, 3.05) is 7.11 Å². The molecule has 1 aromatic carbocycles. The van der Waals surface area contributed by atoms with Crippen LogP contribution in [-0.2, 0) is 11.3 Å². The molecule has 1 N–H and O–H groups in total. The number of rotatable bonds is 3. The van der Waals surface area contributed by atoms with Crippen molar-refractivity contribution in [1.82, 2.24) is 5.32 Å². The van der Waals surface area contributed by atoms with E-state index in [4.69, 9.17) is 10.00 Å². The summed E-state index contributed by atoms with van der Waals surface area (Å²) < 4.78 is 5.26. The third-order valence-corrected chi connectivity index (χ3v) is 2.24. The van der Waals surface area contributed by atoms with E-state index in [9.17, 15) is 4.79 Å². The minimum Gasteiger partial charge on any atom is -0.496 e. The molecule has 0 unspecified atom stereocenters. The minimum atomic E-state index is -0.638. The van der Waals surface area contributed by atoms with Crippen molar-refractivity contribution >= 4 is 5.91 Å². The fraction of sp³-hybridized carbons (Fsp3) is 0.333. The van der Waals surface area contributed by atoms with Gasteiger partial charge in [0.05, 0.1) is 7.11 Å². The minimum absolute atomic E-state index is 0.304. The Bertz CT molecular complexity index is 447. The molecule has 0 aliphatic rings. The molecular weight excluding hydrogens is 204 g/mol. The number of nitrogens with one attached hydrogen (secondary N) is 1. The molecule has 84 valence electrons. The standard InChI is InChI=1S/C12H14N2O2/c1-8-4-9(2)12(16-3)10(5-8)7-14-11(15)6-13/h4-5H,7H2,1-3H3,(H,14,15). The highest BCUT2D eigenvalue weighted by Gasteiger charge is 2.08. The molecule has 0 heterocycles. The first kappa shape index (κ1) is 12.1. The molecule has 16 heavy (non-hydrogen) atoms. The summed E-state index contributed by atoms with van der Waals surface area (Å²) >= 11 is 0. The van der Waals surface area contributed by atoms with E-state index in [1.807, 2.05) is 26.0 Å². The topological polar surface area (TPSA) is 62.1 Å². The lowest BCUT2D eigenvalue weighted by Gasteiger charge is -2.12. The zero-order valence-electron chi connectivity index (χ0n) is 9.63. The van der Waals surface area contributed by atoms with E-state index in [1.54, 1.807) is 7.11 Å². The summed E-state index contributed by atoms with van der Waals surface area (Å²) in [6, 6.07) is 5.45. The Hall–Kier alpha value is -2.02. The second-order valence-electron chi connectivity index (χ2n) is 3.57. The van der Waals surface area contributed by atoms with Crippen LogP contribution in [0.15, 0.2) is 12.1 Å². The van der Waals surface area contributed by atoms with Gasteiger partial charge in [-0.1, -0.05) is 17.7 Å². The van der Waals surface area contributed by atoms with Gasteiger partial charge < -0.3 is 10.1 Å². The van der Waals surface area contributed by atoms with Crippen LogP contribution in [-0.4, -0.2) is 13.0 Å². The highest BCUT2D eigenvalue weighted by molar-refractivity contribution is 5.91. The van der Waals surface area contributed by atoms with Gasteiger partial charge in [-0.25, -0.2) is 0 Å². The number of benzene rings is 1. The summed E-state index contributed by atoms with van der Waals surface area (Å²) in [5.74, 6) is 0.116. The molecule has 0 aromatic heterocycles. The fourth-order valence-electron chi connectivity index (χ4n) is 1.68. The third-order valence-electron chi connectivity index (χ3n) is 2.24. The molecule has 0 saturated carbocycles. The second kappa shape index (κ2) is 5.17. The van der Waals surface area contributed by atoms with Crippen LogP contribution in [0.4, 0.5) is 0 Å². The number of nitrogens with zero attached hydrogens (tertiary/aromatic N) is 1. The van der Waals surface area contributed by atoms with Crippen molar-refractivity contribution < 1.29 is 9.53 Å². The monoisotopic (exact) mass is 218 g/mol. The van der Waals surface area contributed by atoms with Gasteiger partial charge in [-0.05, 0) is 19.4 Å². The Morgan fingerprint density at radius 3 is 2.75 bits per heavy atom. The summed E-state index contributed by atoms with van der Waals surface area (Å²) in [6.45, 7) is 4.22. The van der Waals surface area contributed by atoms with E-state index in [1.165, 1.54) is 6.07 Å². The lowest BCUT2D eigenvalue weighted by molar-refractivity contribution is -0.116. The number of nitriles is 1. The number of carbonyl (C=O) groups is 1. The number of carbonyl (C=O) groups excluding carboxylic acids is 1. The van der Waals surface area contributed by atoms with E-state index in [0.29, 0.717) is 6.54 Å². The second-order valence-corrected chi connectivity index (χ2v) is 3.57. The van der Waals surface area contributed by atoms with E-state index in [0.717, 1.165) is 22.4 Å². The normalized spacial score (nSPS) is 9.38. The number of ether oxygens (including phenoxy) is 1. The van der Waals surface area contributed by atoms with Crippen LogP contribution in [0.25, 0.3) is 0 Å². The number of aryl methyl sites for hydroxylation is 2. The van der Waals surface area contributed by atoms with E-state index >= 15 is 0 Å². The Morgan fingerprint density at radius 2 is 2.19 bits per heavy atom. The van der Waals surface area contributed by atoms with Crippen LogP contribution in [0.5, 0.6) is 5.75 Å². The highest BCUT2D eigenvalue weighted by Crippen LogP contribution is 2.24. The summed E-state index contributed by atoms with van der Waals surface area (Å²) in [7, 11) is 1.59. The Balaban J connectivity index is 2.94. The first-order valence-electron chi connectivity index (χ1n) is 4.90. The van der Waals surface area contributed by atoms with E-state index in [-0.39, 0.29) is 0 Å². The van der Waals surface area contributed by atoms with Gasteiger partial charge in [0.25, 0.3) is 0 Å². The molecule has 1 amide bonds. The van der Waals surface area contributed by atoms with Gasteiger partial charge in [-0.15, -0.1) is 0 Å². The maximum absolute atomic E-state index is 10.8. The van der Waals surface area contributed by atoms with Gasteiger partial charge in [-0.3, -0.25) is 4.79 Å². The van der Waals surface area contributed by atoms with Crippen LogP contribution in [0.3, 0.4) is 0 Å². The predicted molar refractivity (Wildman–Crippen MR) is 59.9 cm³/mol. The number of amides is 1. The molecule has 0 saturated heterocycles. The lowest BCUT2D eigenvalue weighted by Crippen LogP contribution is -2.21. The molecule has 4 heteroatoms. The number of hydrogen-bond acceptors (Lipinski definition) is 3. The molecule has 0 fully saturated rings. The van der Waals surface area contributed by atoms with Crippen molar-refractivity contribution in [2.45, 2.75) is 20.4 Å². The molecule has 0 radical (unpaired) electrons. The smallest absolute Gasteiger partial charge is 0.322 e. The molecular formula is C12H14N2O2. The van der Waals surface area contributed by atoms with Gasteiger partial charge in [0, 0.05) is 12.1 Å². The third kappa shape index (κ3) is 2.74. The summed E-state index contributed by atoms with van der Waals surface area (Å²) in [5.41, 5.74) is 2.99. The Morgan fingerprint density at radius 1 is 1.50 bits per heavy atom. The summed E-state index contributed by atoms with van der Waals surface area (Å²) in [4.78, 5) is 10.8. The van der Waals surface area contributed by atoms with Crippen molar-refractivity contribution in [3.63, 3.8) is 0 Å². The Labute approximate surface area is 94.8 Å². The number of hydrogen-bond donors (Lipinski definition) is 1. The van der Waals surface area contributed by atoms with Gasteiger partial charge in [-0.2, -0.15) is 5.26 Å². The van der Waals surface area contributed by atoms with E-state index < -0.39 is 5.91 Å². The quantitative estimate of drug-likeness (QED) is 0.781. The largest absolute Gasteiger partial charge is 0.496 e. The first-order valence-corrected chi connectivity index (χ1v) is 4.90. The summed E-state index contributed by atoms with van der Waals surface area (Å²) in [5, 5.41) is 10.9. The van der Waals surface area contributed by atoms with Crippen LogP contribution in [0, 0.1) is 25.2 Å². The van der Waals surface area contributed by atoms with Crippen LogP contribution >= 0.6 is 0 Å². The molecule has 1 rings (SSSR count). The average Bonchev–Trinajstić information content (AvgIpc) is 2.25. The van der Waals surface area contributed by atoms with Gasteiger partial charge in [0.2, 0.25) is 0 Å². The highest BCUT2D eigenvalue weighted by atomic mass is 16.5. The lowest BCUT2D eigenvalue weighted by atomic mass is 10.1. The van der Waals surface area contributed by atoms with E-state index in [2.05, 4.69) is 5.32 Å².